The molecule has 1 atom stereocenters. The maximum Gasteiger partial charge on any atom is 0.255 e. The molecule has 1 aliphatic heterocycles. The molecule has 2 heterocycles. The Bertz CT molecular complexity index is 1110. The SMILES string of the molecule is Cc1nn(Cc2ccccc2Cl)c(C)c1C(=O)NCC(c1ccc(F)cc1)N1CCOCC1. The van der Waals surface area contributed by atoms with Gasteiger partial charge in [-0.2, -0.15) is 5.10 Å². The van der Waals surface area contributed by atoms with Gasteiger partial charge < -0.3 is 10.1 Å². The minimum Gasteiger partial charge on any atom is -0.379 e. The summed E-state index contributed by atoms with van der Waals surface area (Å²) in [5, 5.41) is 8.34. The highest BCUT2D eigenvalue weighted by molar-refractivity contribution is 6.31. The highest BCUT2D eigenvalue weighted by Crippen LogP contribution is 2.23. The van der Waals surface area contributed by atoms with Crippen LogP contribution < -0.4 is 5.32 Å². The van der Waals surface area contributed by atoms with Crippen molar-refractivity contribution in [2.24, 2.45) is 0 Å². The van der Waals surface area contributed by atoms with E-state index in [9.17, 15) is 9.18 Å². The predicted octanol–water partition coefficient (Wildman–Crippen LogP) is 4.14. The van der Waals surface area contributed by atoms with E-state index >= 15 is 0 Å². The third-order valence-corrected chi connectivity index (χ3v) is 6.45. The average Bonchev–Trinajstić information content (AvgIpc) is 3.10. The maximum absolute atomic E-state index is 13.5. The first-order valence-corrected chi connectivity index (χ1v) is 11.4. The lowest BCUT2D eigenvalue weighted by molar-refractivity contribution is 0.0162. The molecule has 33 heavy (non-hydrogen) atoms. The molecule has 2 aromatic carbocycles. The monoisotopic (exact) mass is 470 g/mol. The number of nitrogens with zero attached hydrogens (tertiary/aromatic N) is 3. The Hall–Kier alpha value is -2.74. The van der Waals surface area contributed by atoms with Gasteiger partial charge in [0.05, 0.1) is 37.1 Å². The number of benzene rings is 2. The Morgan fingerprint density at radius 1 is 1.15 bits per heavy atom. The molecule has 0 radical (unpaired) electrons. The molecule has 1 aromatic heterocycles. The van der Waals surface area contributed by atoms with Crippen LogP contribution in [0.25, 0.3) is 0 Å². The molecular formula is C25H28ClFN4O2. The van der Waals surface area contributed by atoms with Gasteiger partial charge in [-0.25, -0.2) is 4.39 Å². The molecule has 1 N–H and O–H groups in total. The number of nitrogens with one attached hydrogen (secondary N) is 1. The number of ether oxygens (including phenoxy) is 1. The van der Waals surface area contributed by atoms with Gasteiger partial charge in [0.1, 0.15) is 5.82 Å². The number of hydrogen-bond acceptors (Lipinski definition) is 4. The zero-order chi connectivity index (χ0) is 23.4. The van der Waals surface area contributed by atoms with Crippen LogP contribution >= 0.6 is 11.6 Å². The molecule has 1 fully saturated rings. The first-order valence-electron chi connectivity index (χ1n) is 11.1. The van der Waals surface area contributed by atoms with E-state index in [1.807, 2.05) is 42.8 Å². The second kappa shape index (κ2) is 10.5. The van der Waals surface area contributed by atoms with E-state index in [0.717, 1.165) is 29.9 Å². The van der Waals surface area contributed by atoms with Gasteiger partial charge in [0.2, 0.25) is 0 Å². The molecule has 1 unspecified atom stereocenters. The number of rotatable bonds is 7. The van der Waals surface area contributed by atoms with Gasteiger partial charge in [0.15, 0.2) is 0 Å². The lowest BCUT2D eigenvalue weighted by Gasteiger charge is -2.35. The standard InChI is InChI=1S/C25H28ClFN4O2/c1-17-24(18(2)31(29-17)16-20-5-3-4-6-22(20)26)25(32)28-15-23(30-11-13-33-14-12-30)19-7-9-21(27)10-8-19/h3-10,23H,11-16H2,1-2H3,(H,28,32). The Kier molecular flexibility index (Phi) is 7.42. The van der Waals surface area contributed by atoms with Crippen molar-refractivity contribution in [3.63, 3.8) is 0 Å². The van der Waals surface area contributed by atoms with Crippen molar-refractivity contribution in [1.82, 2.24) is 20.0 Å². The lowest BCUT2D eigenvalue weighted by atomic mass is 10.0. The smallest absolute Gasteiger partial charge is 0.255 e. The third kappa shape index (κ3) is 5.43. The third-order valence-electron chi connectivity index (χ3n) is 6.08. The Labute approximate surface area is 198 Å². The molecular weight excluding hydrogens is 443 g/mol. The Morgan fingerprint density at radius 2 is 1.85 bits per heavy atom. The number of carbonyl (C=O) groups excluding carboxylic acids is 1. The molecule has 8 heteroatoms. The normalized spacial score (nSPS) is 15.4. The highest BCUT2D eigenvalue weighted by atomic mass is 35.5. The van der Waals surface area contributed by atoms with Gasteiger partial charge >= 0.3 is 0 Å². The van der Waals surface area contributed by atoms with E-state index in [-0.39, 0.29) is 17.8 Å². The van der Waals surface area contributed by atoms with E-state index in [0.29, 0.717) is 42.6 Å². The molecule has 1 aliphatic rings. The lowest BCUT2D eigenvalue weighted by Crippen LogP contribution is -2.44. The van der Waals surface area contributed by atoms with Crippen LogP contribution in [0.1, 0.15) is 38.9 Å². The van der Waals surface area contributed by atoms with Crippen molar-refractivity contribution in [1.29, 1.82) is 0 Å². The fourth-order valence-electron chi connectivity index (χ4n) is 4.28. The number of halogens is 2. The summed E-state index contributed by atoms with van der Waals surface area (Å²) in [6, 6.07) is 14.0. The number of amides is 1. The van der Waals surface area contributed by atoms with Gasteiger partial charge in [-0.1, -0.05) is 41.9 Å². The molecule has 1 saturated heterocycles. The van der Waals surface area contributed by atoms with Crippen LogP contribution in [-0.4, -0.2) is 53.4 Å². The van der Waals surface area contributed by atoms with Gasteiger partial charge in [-0.3, -0.25) is 14.4 Å². The Balaban J connectivity index is 1.51. The van der Waals surface area contributed by atoms with Crippen LogP contribution in [0.4, 0.5) is 4.39 Å². The second-order valence-electron chi connectivity index (χ2n) is 8.22. The molecule has 0 aliphatic carbocycles. The summed E-state index contributed by atoms with van der Waals surface area (Å²) < 4.78 is 20.8. The van der Waals surface area contributed by atoms with Gasteiger partial charge in [0, 0.05) is 30.4 Å². The van der Waals surface area contributed by atoms with Crippen molar-refractivity contribution in [3.05, 3.63) is 87.4 Å². The van der Waals surface area contributed by atoms with Crippen LogP contribution in [0.2, 0.25) is 5.02 Å². The van der Waals surface area contributed by atoms with Gasteiger partial charge in [-0.15, -0.1) is 0 Å². The summed E-state index contributed by atoms with van der Waals surface area (Å²) >= 11 is 6.30. The van der Waals surface area contributed by atoms with Crippen LogP contribution in [0, 0.1) is 19.7 Å². The summed E-state index contributed by atoms with van der Waals surface area (Å²) in [6.45, 7) is 7.41. The van der Waals surface area contributed by atoms with E-state index in [1.165, 1.54) is 12.1 Å². The molecule has 0 bridgehead atoms. The molecule has 1 amide bonds. The molecule has 3 aromatic rings. The Morgan fingerprint density at radius 3 is 2.55 bits per heavy atom. The summed E-state index contributed by atoms with van der Waals surface area (Å²) in [5.41, 5.74) is 3.93. The van der Waals surface area contributed by atoms with Crippen molar-refractivity contribution >= 4 is 17.5 Å². The molecule has 174 valence electrons. The first-order chi connectivity index (χ1) is 15.9. The topological polar surface area (TPSA) is 59.4 Å². The summed E-state index contributed by atoms with van der Waals surface area (Å²) in [6.07, 6.45) is 0. The molecule has 6 nitrogen and oxygen atoms in total. The highest BCUT2D eigenvalue weighted by Gasteiger charge is 2.25. The average molecular weight is 471 g/mol. The quantitative estimate of drug-likeness (QED) is 0.563. The minimum absolute atomic E-state index is 0.0720. The van der Waals surface area contributed by atoms with Gasteiger partial charge in [0.25, 0.3) is 5.91 Å². The number of carbonyl (C=O) groups is 1. The summed E-state index contributed by atoms with van der Waals surface area (Å²) in [4.78, 5) is 15.5. The largest absolute Gasteiger partial charge is 0.379 e. The zero-order valence-electron chi connectivity index (χ0n) is 18.9. The van der Waals surface area contributed by atoms with Crippen LogP contribution in [0.5, 0.6) is 0 Å². The maximum atomic E-state index is 13.5. The second-order valence-corrected chi connectivity index (χ2v) is 8.63. The number of morpholine rings is 1. The van der Waals surface area contributed by atoms with Crippen LogP contribution in [0.15, 0.2) is 48.5 Å². The van der Waals surface area contributed by atoms with E-state index in [1.54, 1.807) is 12.1 Å². The molecule has 4 rings (SSSR count). The fourth-order valence-corrected chi connectivity index (χ4v) is 4.47. The van der Waals surface area contributed by atoms with Crippen LogP contribution in [-0.2, 0) is 11.3 Å². The fraction of sp³-hybridized carbons (Fsp3) is 0.360. The predicted molar refractivity (Wildman–Crippen MR) is 126 cm³/mol. The van der Waals surface area contributed by atoms with Gasteiger partial charge in [-0.05, 0) is 43.2 Å². The molecule has 0 saturated carbocycles. The molecule has 0 spiro atoms. The van der Waals surface area contributed by atoms with Crippen LogP contribution in [0.3, 0.4) is 0 Å². The zero-order valence-corrected chi connectivity index (χ0v) is 19.6. The summed E-state index contributed by atoms with van der Waals surface area (Å²) in [7, 11) is 0. The number of aromatic nitrogens is 2. The van der Waals surface area contributed by atoms with Crippen molar-refractivity contribution < 1.29 is 13.9 Å². The van der Waals surface area contributed by atoms with Crippen molar-refractivity contribution in [2.45, 2.75) is 26.4 Å². The summed E-state index contributed by atoms with van der Waals surface area (Å²) in [5.74, 6) is -0.448. The van der Waals surface area contributed by atoms with E-state index in [4.69, 9.17) is 16.3 Å². The van der Waals surface area contributed by atoms with Crippen molar-refractivity contribution in [3.8, 4) is 0 Å². The number of hydrogen-bond donors (Lipinski definition) is 1. The minimum atomic E-state index is -0.277. The first kappa shape index (κ1) is 23.4. The van der Waals surface area contributed by atoms with E-state index in [2.05, 4.69) is 15.3 Å². The van der Waals surface area contributed by atoms with E-state index < -0.39 is 0 Å². The van der Waals surface area contributed by atoms with Crippen molar-refractivity contribution in [2.75, 3.05) is 32.8 Å². The number of aryl methyl sites for hydroxylation is 1.